The van der Waals surface area contributed by atoms with Crippen LogP contribution in [0.3, 0.4) is 0 Å². The molecule has 0 heterocycles. The fourth-order valence-corrected chi connectivity index (χ4v) is 2.53. The van der Waals surface area contributed by atoms with Gasteiger partial charge in [0.2, 0.25) is 0 Å². The van der Waals surface area contributed by atoms with Gasteiger partial charge in [-0.3, -0.25) is 20.3 Å². The molecule has 0 bridgehead atoms. The number of benzene rings is 2. The normalized spacial score (nSPS) is 10.0. The van der Waals surface area contributed by atoms with E-state index < -0.39 is 10.8 Å². The van der Waals surface area contributed by atoms with Crippen LogP contribution in [0.1, 0.15) is 10.4 Å². The summed E-state index contributed by atoms with van der Waals surface area (Å²) in [5.74, 6) is 0.0181. The summed E-state index contributed by atoms with van der Waals surface area (Å²) in [7, 11) is 2.84. The second kappa shape index (κ2) is 8.52. The predicted molar refractivity (Wildman–Crippen MR) is 104 cm³/mol. The van der Waals surface area contributed by atoms with E-state index in [1.165, 1.54) is 50.6 Å². The van der Waals surface area contributed by atoms with Crippen molar-refractivity contribution in [2.75, 3.05) is 19.2 Å². The number of carbonyl (C=O) groups excluding carboxylic acids is 1. The molecule has 11 heteroatoms. The standard InChI is InChI=1S/C16H15ClN4O5S/c1-25-13-8-12(14(26-2)7-11(13)17)20(16(18)27)19-15(22)9-3-5-10(6-4-9)21(23)24/h3-8H,1-2H3,(H2,18,27)(H,19,22). The summed E-state index contributed by atoms with van der Waals surface area (Å²) in [4.78, 5) is 22.7. The van der Waals surface area contributed by atoms with E-state index in [0.29, 0.717) is 16.5 Å². The van der Waals surface area contributed by atoms with Crippen LogP contribution in [0.5, 0.6) is 11.5 Å². The molecular formula is C16H15ClN4O5S. The summed E-state index contributed by atoms with van der Waals surface area (Å²) in [6.45, 7) is 0. The van der Waals surface area contributed by atoms with Crippen LogP contribution in [0.2, 0.25) is 5.02 Å². The van der Waals surface area contributed by atoms with Crippen LogP contribution in [0.4, 0.5) is 11.4 Å². The molecule has 3 N–H and O–H groups in total. The van der Waals surface area contributed by atoms with E-state index in [-0.39, 0.29) is 22.1 Å². The van der Waals surface area contributed by atoms with E-state index in [1.807, 2.05) is 0 Å². The first-order chi connectivity index (χ1) is 12.8. The Labute approximate surface area is 164 Å². The molecule has 0 aliphatic carbocycles. The first-order valence-corrected chi connectivity index (χ1v) is 8.13. The molecule has 1 amide bonds. The molecule has 0 saturated heterocycles. The second-order valence-electron chi connectivity index (χ2n) is 5.08. The summed E-state index contributed by atoms with van der Waals surface area (Å²) in [6, 6.07) is 8.03. The van der Waals surface area contributed by atoms with Gasteiger partial charge in [-0.05, 0) is 24.4 Å². The van der Waals surface area contributed by atoms with E-state index in [4.69, 9.17) is 39.0 Å². The Morgan fingerprint density at radius 1 is 1.22 bits per heavy atom. The summed E-state index contributed by atoms with van der Waals surface area (Å²) in [5.41, 5.74) is 8.58. The Bertz CT molecular complexity index is 891. The number of anilines is 1. The van der Waals surface area contributed by atoms with Crippen molar-refractivity contribution in [3.63, 3.8) is 0 Å². The molecule has 0 aliphatic heterocycles. The highest BCUT2D eigenvalue weighted by atomic mass is 35.5. The van der Waals surface area contributed by atoms with Crippen molar-refractivity contribution in [1.29, 1.82) is 0 Å². The second-order valence-corrected chi connectivity index (χ2v) is 5.90. The van der Waals surface area contributed by atoms with Crippen molar-refractivity contribution in [2.45, 2.75) is 0 Å². The number of nitro benzene ring substituents is 1. The quantitative estimate of drug-likeness (QED) is 0.438. The Balaban J connectivity index is 2.37. The van der Waals surface area contributed by atoms with Gasteiger partial charge in [-0.1, -0.05) is 11.6 Å². The third-order valence-electron chi connectivity index (χ3n) is 3.47. The number of methoxy groups -OCH3 is 2. The first-order valence-electron chi connectivity index (χ1n) is 7.35. The van der Waals surface area contributed by atoms with Crippen LogP contribution in [0.15, 0.2) is 36.4 Å². The summed E-state index contributed by atoms with van der Waals surface area (Å²) in [6.07, 6.45) is 0. The molecule has 0 radical (unpaired) electrons. The third-order valence-corrected chi connectivity index (χ3v) is 3.95. The van der Waals surface area contributed by atoms with E-state index in [9.17, 15) is 14.9 Å². The largest absolute Gasteiger partial charge is 0.495 e. The average Bonchev–Trinajstić information content (AvgIpc) is 2.65. The van der Waals surface area contributed by atoms with Crippen molar-refractivity contribution in [3.05, 3.63) is 57.1 Å². The number of nitrogens with zero attached hydrogens (tertiary/aromatic N) is 2. The molecule has 2 rings (SSSR count). The zero-order valence-electron chi connectivity index (χ0n) is 14.3. The zero-order chi connectivity index (χ0) is 20.1. The highest BCUT2D eigenvalue weighted by Crippen LogP contribution is 2.37. The molecular weight excluding hydrogens is 396 g/mol. The van der Waals surface area contributed by atoms with Gasteiger partial charge in [0.05, 0.1) is 24.2 Å². The minimum absolute atomic E-state index is 0.137. The van der Waals surface area contributed by atoms with Crippen molar-refractivity contribution in [1.82, 2.24) is 5.43 Å². The number of nitro groups is 1. The van der Waals surface area contributed by atoms with E-state index in [1.54, 1.807) is 0 Å². The molecule has 2 aromatic rings. The Morgan fingerprint density at radius 2 is 1.81 bits per heavy atom. The number of halogens is 1. The Morgan fingerprint density at radius 3 is 2.30 bits per heavy atom. The van der Waals surface area contributed by atoms with Gasteiger partial charge in [-0.15, -0.1) is 0 Å². The number of non-ortho nitro benzene ring substituents is 1. The van der Waals surface area contributed by atoms with E-state index >= 15 is 0 Å². The third kappa shape index (κ3) is 4.54. The molecule has 0 aliphatic rings. The Kier molecular flexibility index (Phi) is 6.37. The summed E-state index contributed by atoms with van der Waals surface area (Å²) >= 11 is 11.1. The van der Waals surface area contributed by atoms with Gasteiger partial charge in [0.1, 0.15) is 17.2 Å². The molecule has 0 saturated carbocycles. The molecule has 9 nitrogen and oxygen atoms in total. The maximum absolute atomic E-state index is 12.5. The highest BCUT2D eigenvalue weighted by Gasteiger charge is 2.21. The fourth-order valence-electron chi connectivity index (χ4n) is 2.15. The lowest BCUT2D eigenvalue weighted by Crippen LogP contribution is -2.49. The van der Waals surface area contributed by atoms with Gasteiger partial charge in [0.15, 0.2) is 5.11 Å². The van der Waals surface area contributed by atoms with Crippen molar-refractivity contribution in [3.8, 4) is 11.5 Å². The number of carbonyl (C=O) groups is 1. The predicted octanol–water partition coefficient (Wildman–Crippen LogP) is 2.66. The minimum Gasteiger partial charge on any atom is -0.495 e. The van der Waals surface area contributed by atoms with Crippen LogP contribution in [-0.4, -0.2) is 30.2 Å². The zero-order valence-corrected chi connectivity index (χ0v) is 15.8. The summed E-state index contributed by atoms with van der Waals surface area (Å²) in [5, 5.41) is 12.0. The van der Waals surface area contributed by atoms with E-state index in [2.05, 4.69) is 5.43 Å². The average molecular weight is 411 g/mol. The number of hydrazine groups is 1. The minimum atomic E-state index is -0.589. The van der Waals surface area contributed by atoms with Crippen LogP contribution in [0, 0.1) is 10.1 Å². The van der Waals surface area contributed by atoms with Gasteiger partial charge in [0.25, 0.3) is 11.6 Å². The highest BCUT2D eigenvalue weighted by molar-refractivity contribution is 7.80. The number of hydrogen-bond donors (Lipinski definition) is 2. The van der Waals surface area contributed by atoms with Crippen LogP contribution >= 0.6 is 23.8 Å². The molecule has 2 aromatic carbocycles. The number of rotatable bonds is 5. The number of hydrogen-bond acceptors (Lipinski definition) is 6. The number of thiocarbonyl (C=S) groups is 1. The maximum atomic E-state index is 12.5. The molecule has 0 spiro atoms. The molecule has 0 atom stereocenters. The van der Waals surface area contributed by atoms with Gasteiger partial charge in [0, 0.05) is 29.8 Å². The maximum Gasteiger partial charge on any atom is 0.270 e. The SMILES string of the molecule is COc1cc(N(NC(=O)c2ccc([N+](=O)[O-])cc2)C(N)=S)c(OC)cc1Cl. The molecule has 27 heavy (non-hydrogen) atoms. The number of amides is 1. The molecule has 0 aromatic heterocycles. The monoisotopic (exact) mass is 410 g/mol. The first kappa shape index (κ1) is 20.2. The van der Waals surface area contributed by atoms with Crippen molar-refractivity contribution >= 4 is 46.2 Å². The molecule has 142 valence electrons. The van der Waals surface area contributed by atoms with Gasteiger partial charge in [-0.25, -0.2) is 5.01 Å². The lowest BCUT2D eigenvalue weighted by molar-refractivity contribution is -0.384. The number of nitrogens with one attached hydrogen (secondary N) is 1. The Hall–Kier alpha value is -3.11. The lowest BCUT2D eigenvalue weighted by atomic mass is 10.2. The fraction of sp³-hybridized carbons (Fsp3) is 0.125. The van der Waals surface area contributed by atoms with Crippen LogP contribution in [0.25, 0.3) is 0 Å². The summed E-state index contributed by atoms with van der Waals surface area (Å²) < 4.78 is 10.4. The molecule has 0 fully saturated rings. The number of ether oxygens (including phenoxy) is 2. The smallest absolute Gasteiger partial charge is 0.270 e. The van der Waals surface area contributed by atoms with E-state index in [0.717, 1.165) is 5.01 Å². The van der Waals surface area contributed by atoms with Crippen LogP contribution in [-0.2, 0) is 0 Å². The van der Waals surface area contributed by atoms with Gasteiger partial charge >= 0.3 is 0 Å². The lowest BCUT2D eigenvalue weighted by Gasteiger charge is -2.25. The molecule has 0 unspecified atom stereocenters. The van der Waals surface area contributed by atoms with Crippen molar-refractivity contribution in [2.24, 2.45) is 5.73 Å². The number of nitrogens with two attached hydrogens (primary N) is 1. The van der Waals surface area contributed by atoms with Gasteiger partial charge < -0.3 is 15.2 Å². The van der Waals surface area contributed by atoms with Crippen LogP contribution < -0.4 is 25.6 Å². The van der Waals surface area contributed by atoms with Gasteiger partial charge in [-0.2, -0.15) is 0 Å². The topological polar surface area (TPSA) is 120 Å². The van der Waals surface area contributed by atoms with Crippen molar-refractivity contribution < 1.29 is 19.2 Å².